The Morgan fingerprint density at radius 1 is 1.32 bits per heavy atom. The van der Waals surface area contributed by atoms with E-state index in [9.17, 15) is 10.2 Å². The number of aromatic hydroxyl groups is 2. The minimum absolute atomic E-state index is 0.0511. The number of benzene rings is 1. The summed E-state index contributed by atoms with van der Waals surface area (Å²) in [6.45, 7) is 6.61. The summed E-state index contributed by atoms with van der Waals surface area (Å²) in [5.74, 6) is 1.93. The molecule has 0 spiro atoms. The molecule has 0 bridgehead atoms. The molecule has 0 radical (unpaired) electrons. The van der Waals surface area contributed by atoms with Crippen LogP contribution in [0, 0.1) is 11.8 Å². The van der Waals surface area contributed by atoms with Crippen LogP contribution in [0.5, 0.6) is 11.5 Å². The van der Waals surface area contributed by atoms with Crippen molar-refractivity contribution in [2.45, 2.75) is 52.1 Å². The summed E-state index contributed by atoms with van der Waals surface area (Å²) in [7, 11) is 0. The Balaban J connectivity index is 2.05. The third-order valence-electron chi connectivity index (χ3n) is 4.69. The van der Waals surface area contributed by atoms with Gasteiger partial charge in [0.2, 0.25) is 0 Å². The molecule has 4 unspecified atom stereocenters. The average molecular weight is 263 g/mol. The standard InChI is InChI=1S/C16H25NO2/c1-4-12-5-7-15(10(12)2)17-11(3)14-9-13(18)6-8-16(14)19/h6,8-12,15,17-19H,4-5,7H2,1-3H3. The first kappa shape index (κ1) is 14.2. The zero-order valence-electron chi connectivity index (χ0n) is 12.1. The van der Waals surface area contributed by atoms with Gasteiger partial charge in [-0.3, -0.25) is 0 Å². The van der Waals surface area contributed by atoms with E-state index in [1.807, 2.05) is 6.92 Å². The lowest BCUT2D eigenvalue weighted by atomic mass is 9.93. The number of hydrogen-bond acceptors (Lipinski definition) is 3. The molecule has 19 heavy (non-hydrogen) atoms. The van der Waals surface area contributed by atoms with E-state index in [0.717, 1.165) is 11.5 Å². The van der Waals surface area contributed by atoms with Gasteiger partial charge in [-0.25, -0.2) is 0 Å². The third kappa shape index (κ3) is 3.03. The van der Waals surface area contributed by atoms with Crippen LogP contribution in [0.3, 0.4) is 0 Å². The van der Waals surface area contributed by atoms with Gasteiger partial charge in [0.15, 0.2) is 0 Å². The summed E-state index contributed by atoms with van der Waals surface area (Å²) in [6, 6.07) is 5.26. The highest BCUT2D eigenvalue weighted by atomic mass is 16.3. The van der Waals surface area contributed by atoms with Crippen molar-refractivity contribution in [1.29, 1.82) is 0 Å². The SMILES string of the molecule is CCC1CCC(NC(C)c2cc(O)ccc2O)C1C. The van der Waals surface area contributed by atoms with Gasteiger partial charge >= 0.3 is 0 Å². The monoisotopic (exact) mass is 263 g/mol. The van der Waals surface area contributed by atoms with E-state index >= 15 is 0 Å². The van der Waals surface area contributed by atoms with E-state index in [-0.39, 0.29) is 17.5 Å². The zero-order chi connectivity index (χ0) is 14.0. The normalized spacial score (nSPS) is 28.5. The topological polar surface area (TPSA) is 52.5 Å². The van der Waals surface area contributed by atoms with E-state index in [0.29, 0.717) is 12.0 Å². The molecule has 3 heteroatoms. The molecule has 1 aliphatic carbocycles. The second-order valence-corrected chi connectivity index (χ2v) is 5.84. The van der Waals surface area contributed by atoms with Crippen LogP contribution in [-0.4, -0.2) is 16.3 Å². The van der Waals surface area contributed by atoms with Crippen LogP contribution in [0.2, 0.25) is 0 Å². The van der Waals surface area contributed by atoms with Gasteiger partial charge < -0.3 is 15.5 Å². The van der Waals surface area contributed by atoms with Gasteiger partial charge in [0.1, 0.15) is 11.5 Å². The maximum Gasteiger partial charge on any atom is 0.120 e. The highest BCUT2D eigenvalue weighted by Crippen LogP contribution is 2.36. The third-order valence-corrected chi connectivity index (χ3v) is 4.69. The molecule has 1 aliphatic rings. The lowest BCUT2D eigenvalue weighted by molar-refractivity contribution is 0.324. The molecule has 3 N–H and O–H groups in total. The molecule has 1 aromatic rings. The van der Waals surface area contributed by atoms with Gasteiger partial charge in [-0.1, -0.05) is 20.3 Å². The summed E-state index contributed by atoms with van der Waals surface area (Å²) >= 11 is 0. The summed E-state index contributed by atoms with van der Waals surface area (Å²) in [5.41, 5.74) is 0.771. The molecule has 0 aromatic heterocycles. The predicted octanol–water partition coefficient (Wildman–Crippen LogP) is 3.57. The van der Waals surface area contributed by atoms with Gasteiger partial charge in [0.05, 0.1) is 0 Å². The fraction of sp³-hybridized carbons (Fsp3) is 0.625. The number of hydrogen-bond donors (Lipinski definition) is 3. The Kier molecular flexibility index (Phi) is 4.35. The van der Waals surface area contributed by atoms with Crippen LogP contribution in [0.15, 0.2) is 18.2 Å². The fourth-order valence-corrected chi connectivity index (χ4v) is 3.36. The molecule has 0 aliphatic heterocycles. The van der Waals surface area contributed by atoms with Crippen LogP contribution < -0.4 is 5.32 Å². The molecular formula is C16H25NO2. The van der Waals surface area contributed by atoms with Gasteiger partial charge in [-0.2, -0.15) is 0 Å². The lowest BCUT2D eigenvalue weighted by Crippen LogP contribution is -2.34. The first-order valence-electron chi connectivity index (χ1n) is 7.30. The maximum absolute atomic E-state index is 9.89. The Morgan fingerprint density at radius 2 is 2.05 bits per heavy atom. The fourth-order valence-electron chi connectivity index (χ4n) is 3.36. The lowest BCUT2D eigenvalue weighted by Gasteiger charge is -2.25. The van der Waals surface area contributed by atoms with Crippen molar-refractivity contribution in [2.75, 3.05) is 0 Å². The Labute approximate surface area is 115 Å². The van der Waals surface area contributed by atoms with E-state index in [2.05, 4.69) is 19.2 Å². The van der Waals surface area contributed by atoms with Crippen LogP contribution >= 0.6 is 0 Å². The Hall–Kier alpha value is -1.22. The summed E-state index contributed by atoms with van der Waals surface area (Å²) in [5, 5.41) is 23.0. The second kappa shape index (κ2) is 5.83. The number of phenols is 2. The van der Waals surface area contributed by atoms with Crippen LogP contribution in [-0.2, 0) is 0 Å². The van der Waals surface area contributed by atoms with E-state index < -0.39 is 0 Å². The average Bonchev–Trinajstić information content (AvgIpc) is 2.73. The molecule has 3 nitrogen and oxygen atoms in total. The molecule has 1 fully saturated rings. The van der Waals surface area contributed by atoms with Crippen molar-refractivity contribution < 1.29 is 10.2 Å². The summed E-state index contributed by atoms with van der Waals surface area (Å²) in [6.07, 6.45) is 3.72. The summed E-state index contributed by atoms with van der Waals surface area (Å²) in [4.78, 5) is 0. The van der Waals surface area contributed by atoms with Crippen molar-refractivity contribution in [3.8, 4) is 11.5 Å². The molecule has 0 heterocycles. The highest BCUT2D eigenvalue weighted by Gasteiger charge is 2.32. The number of rotatable bonds is 4. The van der Waals surface area contributed by atoms with Gasteiger partial charge in [0.25, 0.3) is 0 Å². The van der Waals surface area contributed by atoms with E-state index in [1.54, 1.807) is 12.1 Å². The minimum atomic E-state index is 0.0511. The number of phenolic OH excluding ortho intramolecular Hbond substituents is 2. The quantitative estimate of drug-likeness (QED) is 0.728. The van der Waals surface area contributed by atoms with Crippen LogP contribution in [0.4, 0.5) is 0 Å². The number of nitrogens with one attached hydrogen (secondary N) is 1. The molecule has 4 atom stereocenters. The van der Waals surface area contributed by atoms with Gasteiger partial charge in [-0.15, -0.1) is 0 Å². The Morgan fingerprint density at radius 3 is 2.68 bits per heavy atom. The minimum Gasteiger partial charge on any atom is -0.508 e. The maximum atomic E-state index is 9.89. The van der Waals surface area contributed by atoms with Crippen LogP contribution in [0.25, 0.3) is 0 Å². The Bertz CT molecular complexity index is 433. The zero-order valence-corrected chi connectivity index (χ0v) is 12.1. The smallest absolute Gasteiger partial charge is 0.120 e. The molecule has 1 saturated carbocycles. The van der Waals surface area contributed by atoms with E-state index in [4.69, 9.17) is 0 Å². The highest BCUT2D eigenvalue weighted by molar-refractivity contribution is 5.40. The molecule has 2 rings (SSSR count). The first-order chi connectivity index (χ1) is 9.02. The molecule has 1 aromatic carbocycles. The van der Waals surface area contributed by atoms with Crippen molar-refractivity contribution in [2.24, 2.45) is 11.8 Å². The summed E-state index contributed by atoms with van der Waals surface area (Å²) < 4.78 is 0. The van der Waals surface area contributed by atoms with Gasteiger partial charge in [0, 0.05) is 17.6 Å². The van der Waals surface area contributed by atoms with Crippen molar-refractivity contribution in [3.63, 3.8) is 0 Å². The van der Waals surface area contributed by atoms with E-state index in [1.165, 1.54) is 25.3 Å². The van der Waals surface area contributed by atoms with Crippen molar-refractivity contribution in [1.82, 2.24) is 5.32 Å². The van der Waals surface area contributed by atoms with Crippen molar-refractivity contribution >= 4 is 0 Å². The predicted molar refractivity (Wildman–Crippen MR) is 77.3 cm³/mol. The van der Waals surface area contributed by atoms with Crippen LogP contribution in [0.1, 0.15) is 51.6 Å². The molecule has 106 valence electrons. The first-order valence-corrected chi connectivity index (χ1v) is 7.30. The largest absolute Gasteiger partial charge is 0.508 e. The van der Waals surface area contributed by atoms with Gasteiger partial charge in [-0.05, 0) is 49.8 Å². The molecule has 0 amide bonds. The molecular weight excluding hydrogens is 238 g/mol. The second-order valence-electron chi connectivity index (χ2n) is 5.84. The van der Waals surface area contributed by atoms with Crippen molar-refractivity contribution in [3.05, 3.63) is 23.8 Å². The molecule has 0 saturated heterocycles.